The maximum Gasteiger partial charge on any atom is 0.191 e. The molecule has 0 bridgehead atoms. The molecule has 0 aromatic carbocycles. The van der Waals surface area contributed by atoms with Crippen LogP contribution in [0.15, 0.2) is 23.3 Å². The molecule has 2 fully saturated rings. The third-order valence-corrected chi connectivity index (χ3v) is 5.01. The van der Waals surface area contributed by atoms with Gasteiger partial charge in [0.25, 0.3) is 0 Å². The second kappa shape index (κ2) is 8.47. The van der Waals surface area contributed by atoms with Crippen LogP contribution in [0.4, 0.5) is 10.2 Å². The van der Waals surface area contributed by atoms with Crippen LogP contribution >= 0.6 is 0 Å². The van der Waals surface area contributed by atoms with E-state index in [0.717, 1.165) is 44.7 Å². The van der Waals surface area contributed by atoms with Gasteiger partial charge in [-0.25, -0.2) is 9.37 Å². The maximum absolute atomic E-state index is 13.9. The molecule has 7 heteroatoms. The number of aromatic nitrogens is 1. The Labute approximate surface area is 148 Å². The Hall–Kier alpha value is -1.89. The minimum absolute atomic E-state index is 0.202. The topological polar surface area (TPSA) is 72.8 Å². The smallest absolute Gasteiger partial charge is 0.191 e. The summed E-state index contributed by atoms with van der Waals surface area (Å²) in [5.74, 6) is 1.18. The van der Waals surface area contributed by atoms with Crippen LogP contribution < -0.4 is 15.5 Å². The molecule has 25 heavy (non-hydrogen) atoms. The summed E-state index contributed by atoms with van der Waals surface area (Å²) in [6, 6.07) is 3.26. The lowest BCUT2D eigenvalue weighted by Crippen LogP contribution is -2.45. The number of anilines is 1. The molecule has 1 aliphatic heterocycles. The zero-order chi connectivity index (χ0) is 17.6. The average Bonchev–Trinajstić information content (AvgIpc) is 3.22. The van der Waals surface area contributed by atoms with E-state index in [1.807, 2.05) is 11.8 Å². The first kappa shape index (κ1) is 17.9. The Morgan fingerprint density at radius 2 is 2.32 bits per heavy atom. The van der Waals surface area contributed by atoms with Crippen molar-refractivity contribution in [2.45, 2.75) is 44.8 Å². The fraction of sp³-hybridized carbons (Fsp3) is 0.667. The van der Waals surface area contributed by atoms with Crippen LogP contribution in [0.5, 0.6) is 0 Å². The molecular weight excluding hydrogens is 321 g/mol. The number of rotatable bonds is 5. The van der Waals surface area contributed by atoms with Crippen LogP contribution in [0.25, 0.3) is 0 Å². The van der Waals surface area contributed by atoms with E-state index in [1.54, 1.807) is 12.3 Å². The lowest BCUT2D eigenvalue weighted by Gasteiger charge is -2.20. The van der Waals surface area contributed by atoms with E-state index in [4.69, 9.17) is 0 Å². The van der Waals surface area contributed by atoms with Gasteiger partial charge >= 0.3 is 0 Å². The predicted molar refractivity (Wildman–Crippen MR) is 97.3 cm³/mol. The summed E-state index contributed by atoms with van der Waals surface area (Å²) in [6.45, 7) is 4.93. The molecule has 3 rings (SSSR count). The van der Waals surface area contributed by atoms with Crippen molar-refractivity contribution in [2.24, 2.45) is 10.9 Å². The second-order valence-corrected chi connectivity index (χ2v) is 6.86. The molecule has 1 saturated carbocycles. The normalized spacial score (nSPS) is 26.9. The molecule has 6 nitrogen and oxygen atoms in total. The van der Waals surface area contributed by atoms with Gasteiger partial charge < -0.3 is 20.6 Å². The average molecular weight is 349 g/mol. The third-order valence-electron chi connectivity index (χ3n) is 5.01. The minimum Gasteiger partial charge on any atom is -0.393 e. The van der Waals surface area contributed by atoms with Gasteiger partial charge in [-0.1, -0.05) is 6.42 Å². The number of hydrogen-bond acceptors (Lipinski definition) is 4. The van der Waals surface area contributed by atoms with Gasteiger partial charge in [0, 0.05) is 44.3 Å². The van der Waals surface area contributed by atoms with Crippen LogP contribution in [0.3, 0.4) is 0 Å². The van der Waals surface area contributed by atoms with Gasteiger partial charge in [-0.05, 0) is 38.3 Å². The summed E-state index contributed by atoms with van der Waals surface area (Å²) in [5, 5.41) is 16.6. The number of aliphatic hydroxyl groups excluding tert-OH is 1. The molecule has 0 radical (unpaired) electrons. The summed E-state index contributed by atoms with van der Waals surface area (Å²) in [7, 11) is 0. The van der Waals surface area contributed by atoms with E-state index in [-0.39, 0.29) is 23.9 Å². The molecule has 1 aromatic rings. The van der Waals surface area contributed by atoms with E-state index >= 15 is 0 Å². The quantitative estimate of drug-likeness (QED) is 0.555. The number of aliphatic imine (C=N–C) groups is 1. The highest BCUT2D eigenvalue weighted by Crippen LogP contribution is 2.25. The minimum atomic E-state index is -0.279. The van der Waals surface area contributed by atoms with Crippen LogP contribution in [-0.2, 0) is 0 Å². The van der Waals surface area contributed by atoms with E-state index in [9.17, 15) is 9.50 Å². The highest BCUT2D eigenvalue weighted by atomic mass is 19.1. The number of nitrogens with one attached hydrogen (secondary N) is 2. The fourth-order valence-electron chi connectivity index (χ4n) is 3.63. The molecule has 2 heterocycles. The lowest BCUT2D eigenvalue weighted by molar-refractivity contribution is 0.136. The Kier molecular flexibility index (Phi) is 6.07. The van der Waals surface area contributed by atoms with Gasteiger partial charge in [0.05, 0.1) is 6.10 Å². The van der Waals surface area contributed by atoms with Crippen molar-refractivity contribution in [3.05, 3.63) is 24.1 Å². The molecule has 0 amide bonds. The van der Waals surface area contributed by atoms with Crippen molar-refractivity contribution in [1.82, 2.24) is 15.6 Å². The monoisotopic (exact) mass is 349 g/mol. The highest BCUT2D eigenvalue weighted by molar-refractivity contribution is 5.80. The Morgan fingerprint density at radius 1 is 1.44 bits per heavy atom. The first-order valence-corrected chi connectivity index (χ1v) is 9.25. The lowest BCUT2D eigenvalue weighted by atomic mass is 10.1. The van der Waals surface area contributed by atoms with E-state index in [2.05, 4.69) is 20.6 Å². The molecule has 3 N–H and O–H groups in total. The van der Waals surface area contributed by atoms with Crippen LogP contribution in [0, 0.1) is 11.7 Å². The molecule has 1 aromatic heterocycles. The first-order chi connectivity index (χ1) is 12.2. The van der Waals surface area contributed by atoms with Crippen molar-refractivity contribution in [3.8, 4) is 0 Å². The standard InChI is InChI=1S/C18H28FN5O/c1-2-20-18(22-11-13-5-3-7-16(13)25)23-14-8-10-24(12-14)17-15(19)6-4-9-21-17/h4,6,9,13-14,16,25H,2-3,5,7-8,10-12H2,1H3,(H2,20,22,23). The van der Waals surface area contributed by atoms with Crippen molar-refractivity contribution >= 4 is 11.8 Å². The van der Waals surface area contributed by atoms with Gasteiger partial charge in [0.2, 0.25) is 0 Å². The first-order valence-electron chi connectivity index (χ1n) is 9.25. The molecule has 3 atom stereocenters. The van der Waals surface area contributed by atoms with Crippen molar-refractivity contribution in [2.75, 3.05) is 31.1 Å². The van der Waals surface area contributed by atoms with E-state index in [0.29, 0.717) is 18.9 Å². The van der Waals surface area contributed by atoms with Gasteiger partial charge in [0.15, 0.2) is 17.6 Å². The second-order valence-electron chi connectivity index (χ2n) is 6.86. The Morgan fingerprint density at radius 3 is 3.04 bits per heavy atom. The largest absolute Gasteiger partial charge is 0.393 e. The Balaban J connectivity index is 1.56. The van der Waals surface area contributed by atoms with E-state index < -0.39 is 0 Å². The SMILES string of the molecule is CCNC(=NCC1CCCC1O)NC1CCN(c2ncccc2F)C1. The zero-order valence-corrected chi connectivity index (χ0v) is 14.8. The molecule has 138 valence electrons. The van der Waals surface area contributed by atoms with Crippen molar-refractivity contribution in [1.29, 1.82) is 0 Å². The molecule has 1 saturated heterocycles. The van der Waals surface area contributed by atoms with Crippen molar-refractivity contribution < 1.29 is 9.50 Å². The third kappa shape index (κ3) is 4.60. The molecule has 1 aliphatic carbocycles. The summed E-state index contributed by atoms with van der Waals surface area (Å²) < 4.78 is 13.9. The Bertz CT molecular complexity index is 597. The number of nitrogens with zero attached hydrogens (tertiary/aromatic N) is 3. The predicted octanol–water partition coefficient (Wildman–Crippen LogP) is 1.52. The summed E-state index contributed by atoms with van der Waals surface area (Å²) in [6.07, 6.45) is 5.32. The maximum atomic E-state index is 13.9. The van der Waals surface area contributed by atoms with E-state index in [1.165, 1.54) is 6.07 Å². The molecule has 2 aliphatic rings. The fourth-order valence-corrected chi connectivity index (χ4v) is 3.63. The van der Waals surface area contributed by atoms with Crippen LogP contribution in [-0.4, -0.2) is 54.4 Å². The van der Waals surface area contributed by atoms with Crippen molar-refractivity contribution in [3.63, 3.8) is 0 Å². The molecule has 0 spiro atoms. The number of hydrogen-bond donors (Lipinski definition) is 3. The number of pyridine rings is 1. The van der Waals surface area contributed by atoms with Gasteiger partial charge in [0.1, 0.15) is 0 Å². The summed E-state index contributed by atoms with van der Waals surface area (Å²) in [5.41, 5.74) is 0. The van der Waals surface area contributed by atoms with Gasteiger partial charge in [-0.15, -0.1) is 0 Å². The van der Waals surface area contributed by atoms with Gasteiger partial charge in [-0.3, -0.25) is 4.99 Å². The summed E-state index contributed by atoms with van der Waals surface area (Å²) in [4.78, 5) is 10.8. The van der Waals surface area contributed by atoms with Crippen LogP contribution in [0.2, 0.25) is 0 Å². The van der Waals surface area contributed by atoms with Crippen LogP contribution in [0.1, 0.15) is 32.6 Å². The zero-order valence-electron chi connectivity index (χ0n) is 14.8. The number of guanidine groups is 1. The number of halogens is 1. The molecular formula is C18H28FN5O. The number of aliphatic hydroxyl groups is 1. The van der Waals surface area contributed by atoms with Gasteiger partial charge in [-0.2, -0.15) is 0 Å². The molecule has 3 unspecified atom stereocenters. The highest BCUT2D eigenvalue weighted by Gasteiger charge is 2.27. The summed E-state index contributed by atoms with van der Waals surface area (Å²) >= 11 is 0.